The average molecular weight is 488 g/mol. The van der Waals surface area contributed by atoms with Crippen molar-refractivity contribution < 1.29 is 4.79 Å². The number of thioether (sulfide) groups is 1. The Labute approximate surface area is 209 Å². The highest BCUT2D eigenvalue weighted by molar-refractivity contribution is 7.99. The molecule has 0 spiro atoms. The van der Waals surface area contributed by atoms with Crippen molar-refractivity contribution >= 4 is 23.6 Å². The molecule has 0 radical (unpaired) electrons. The van der Waals surface area contributed by atoms with Gasteiger partial charge in [-0.15, -0.1) is 10.2 Å². The number of hydrogen-bond donors (Lipinski definition) is 0. The number of carbonyl (C=O) groups excluding carboxylic acids is 1. The van der Waals surface area contributed by atoms with E-state index < -0.39 is 0 Å². The first-order valence-electron chi connectivity index (χ1n) is 11.9. The molecule has 3 heterocycles. The SMILES string of the molecule is CN(Cc1cnn(-c2ccccc2)c1)C(=O)CSc1nnc(N2CCCCC2)n1-c1ccccc1. The first-order chi connectivity index (χ1) is 17.2. The fourth-order valence-electron chi connectivity index (χ4n) is 4.22. The van der Waals surface area contributed by atoms with E-state index in [0.29, 0.717) is 6.54 Å². The molecule has 180 valence electrons. The fourth-order valence-corrected chi connectivity index (χ4v) is 5.11. The molecule has 8 nitrogen and oxygen atoms in total. The molecule has 0 aliphatic carbocycles. The van der Waals surface area contributed by atoms with Crippen molar-refractivity contribution in [2.24, 2.45) is 0 Å². The first kappa shape index (κ1) is 23.2. The van der Waals surface area contributed by atoms with Gasteiger partial charge in [-0.1, -0.05) is 48.2 Å². The van der Waals surface area contributed by atoms with Gasteiger partial charge in [-0.3, -0.25) is 9.36 Å². The van der Waals surface area contributed by atoms with Crippen LogP contribution in [-0.2, 0) is 11.3 Å². The smallest absolute Gasteiger partial charge is 0.233 e. The van der Waals surface area contributed by atoms with E-state index >= 15 is 0 Å². The summed E-state index contributed by atoms with van der Waals surface area (Å²) in [6, 6.07) is 20.1. The highest BCUT2D eigenvalue weighted by Crippen LogP contribution is 2.28. The summed E-state index contributed by atoms with van der Waals surface area (Å²) >= 11 is 1.43. The zero-order chi connectivity index (χ0) is 24.0. The molecule has 1 aliphatic heterocycles. The lowest BCUT2D eigenvalue weighted by Crippen LogP contribution is -2.31. The number of piperidine rings is 1. The number of carbonyl (C=O) groups is 1. The maximum absolute atomic E-state index is 13.0. The second-order valence-electron chi connectivity index (χ2n) is 8.67. The largest absolute Gasteiger partial charge is 0.341 e. The van der Waals surface area contributed by atoms with Crippen LogP contribution in [0.15, 0.2) is 78.2 Å². The van der Waals surface area contributed by atoms with E-state index in [9.17, 15) is 4.79 Å². The molecule has 2 aromatic carbocycles. The summed E-state index contributed by atoms with van der Waals surface area (Å²) in [5.74, 6) is 1.17. The van der Waals surface area contributed by atoms with E-state index in [1.54, 1.807) is 11.1 Å². The molecular formula is C26H29N7OS. The minimum atomic E-state index is 0.0320. The molecule has 1 amide bonds. The number of hydrogen-bond acceptors (Lipinski definition) is 6. The van der Waals surface area contributed by atoms with Crippen LogP contribution in [0.1, 0.15) is 24.8 Å². The van der Waals surface area contributed by atoms with Crippen molar-refractivity contribution in [1.82, 2.24) is 29.4 Å². The van der Waals surface area contributed by atoms with Gasteiger partial charge in [-0.05, 0) is 43.5 Å². The van der Waals surface area contributed by atoms with Crippen molar-refractivity contribution in [3.63, 3.8) is 0 Å². The third-order valence-corrected chi connectivity index (χ3v) is 7.01. The summed E-state index contributed by atoms with van der Waals surface area (Å²) < 4.78 is 3.90. The van der Waals surface area contributed by atoms with Gasteiger partial charge in [-0.25, -0.2) is 4.68 Å². The summed E-state index contributed by atoms with van der Waals surface area (Å²) in [5.41, 5.74) is 2.98. The summed E-state index contributed by atoms with van der Waals surface area (Å²) in [5, 5.41) is 14.2. The van der Waals surface area contributed by atoms with Crippen LogP contribution in [0.5, 0.6) is 0 Å². The molecule has 1 fully saturated rings. The number of para-hydroxylation sites is 2. The Bertz CT molecular complexity index is 1250. The van der Waals surface area contributed by atoms with Gasteiger partial charge < -0.3 is 9.80 Å². The second-order valence-corrected chi connectivity index (χ2v) is 9.61. The van der Waals surface area contributed by atoms with Crippen LogP contribution in [0.2, 0.25) is 0 Å². The third-order valence-electron chi connectivity index (χ3n) is 6.10. The van der Waals surface area contributed by atoms with Crippen molar-refractivity contribution in [1.29, 1.82) is 0 Å². The van der Waals surface area contributed by atoms with Gasteiger partial charge in [0.05, 0.1) is 23.3 Å². The molecule has 1 aliphatic rings. The third kappa shape index (κ3) is 5.40. The van der Waals surface area contributed by atoms with E-state index in [0.717, 1.165) is 54.0 Å². The molecule has 5 rings (SSSR count). The van der Waals surface area contributed by atoms with Crippen LogP contribution < -0.4 is 4.90 Å². The van der Waals surface area contributed by atoms with E-state index in [1.165, 1.54) is 18.2 Å². The summed E-state index contributed by atoms with van der Waals surface area (Å²) in [4.78, 5) is 17.0. The minimum Gasteiger partial charge on any atom is -0.341 e. The van der Waals surface area contributed by atoms with Crippen LogP contribution in [0.25, 0.3) is 11.4 Å². The molecule has 0 saturated carbocycles. The fraction of sp³-hybridized carbons (Fsp3) is 0.308. The zero-order valence-corrected chi connectivity index (χ0v) is 20.6. The number of amides is 1. The first-order valence-corrected chi connectivity index (χ1v) is 12.9. The van der Waals surface area contributed by atoms with Crippen molar-refractivity contribution in [3.8, 4) is 11.4 Å². The average Bonchev–Trinajstić information content (AvgIpc) is 3.56. The minimum absolute atomic E-state index is 0.0320. The van der Waals surface area contributed by atoms with E-state index in [1.807, 2.05) is 66.5 Å². The lowest BCUT2D eigenvalue weighted by atomic mass is 10.1. The lowest BCUT2D eigenvalue weighted by Gasteiger charge is -2.27. The standard InChI is InChI=1S/C26H29N7OS/c1-30(18-21-17-27-32(19-21)22-11-5-2-6-12-22)24(34)20-35-26-29-28-25(31-15-9-4-10-16-31)33(26)23-13-7-3-8-14-23/h2-3,5-8,11-14,17,19H,4,9-10,15-16,18,20H2,1H3. The second kappa shape index (κ2) is 10.8. The molecule has 0 N–H and O–H groups in total. The number of nitrogens with zero attached hydrogens (tertiary/aromatic N) is 7. The Balaban J connectivity index is 1.26. The van der Waals surface area contributed by atoms with E-state index in [2.05, 4.69) is 36.9 Å². The molecule has 0 bridgehead atoms. The lowest BCUT2D eigenvalue weighted by molar-refractivity contribution is -0.127. The van der Waals surface area contributed by atoms with Gasteiger partial charge in [0.1, 0.15) is 0 Å². The number of rotatable bonds is 8. The van der Waals surface area contributed by atoms with Crippen LogP contribution in [0.4, 0.5) is 5.95 Å². The van der Waals surface area contributed by atoms with Gasteiger partial charge in [0.25, 0.3) is 0 Å². The maximum atomic E-state index is 13.0. The van der Waals surface area contributed by atoms with E-state index in [-0.39, 0.29) is 11.7 Å². The molecule has 0 unspecified atom stereocenters. The predicted octanol–water partition coefficient (Wildman–Crippen LogP) is 4.19. The predicted molar refractivity (Wildman–Crippen MR) is 138 cm³/mol. The van der Waals surface area contributed by atoms with Gasteiger partial charge in [-0.2, -0.15) is 5.10 Å². The van der Waals surface area contributed by atoms with Crippen LogP contribution in [-0.4, -0.2) is 61.2 Å². The molecule has 4 aromatic rings. The highest BCUT2D eigenvalue weighted by atomic mass is 32.2. The van der Waals surface area contributed by atoms with Crippen molar-refractivity contribution in [2.75, 3.05) is 30.8 Å². The molecule has 35 heavy (non-hydrogen) atoms. The highest BCUT2D eigenvalue weighted by Gasteiger charge is 2.22. The van der Waals surface area contributed by atoms with Gasteiger partial charge in [0, 0.05) is 38.4 Å². The van der Waals surface area contributed by atoms with Crippen LogP contribution >= 0.6 is 11.8 Å². The molecule has 9 heteroatoms. The van der Waals surface area contributed by atoms with Gasteiger partial charge in [0.2, 0.25) is 11.9 Å². The number of benzene rings is 2. The Morgan fingerprint density at radius 1 is 0.943 bits per heavy atom. The van der Waals surface area contributed by atoms with Crippen LogP contribution in [0, 0.1) is 0 Å². The summed E-state index contributed by atoms with van der Waals surface area (Å²) in [6.07, 6.45) is 7.34. The van der Waals surface area contributed by atoms with Crippen molar-refractivity contribution in [2.45, 2.75) is 31.0 Å². The Hall–Kier alpha value is -3.59. The molecule has 2 aromatic heterocycles. The van der Waals surface area contributed by atoms with E-state index in [4.69, 9.17) is 0 Å². The van der Waals surface area contributed by atoms with Crippen LogP contribution in [0.3, 0.4) is 0 Å². The Morgan fingerprint density at radius 2 is 1.63 bits per heavy atom. The number of anilines is 1. The quantitative estimate of drug-likeness (QED) is 0.347. The molecule has 1 saturated heterocycles. The Morgan fingerprint density at radius 3 is 2.34 bits per heavy atom. The summed E-state index contributed by atoms with van der Waals surface area (Å²) in [7, 11) is 1.82. The monoisotopic (exact) mass is 487 g/mol. The topological polar surface area (TPSA) is 72.1 Å². The summed E-state index contributed by atoms with van der Waals surface area (Å²) in [6.45, 7) is 2.46. The zero-order valence-electron chi connectivity index (χ0n) is 19.8. The maximum Gasteiger partial charge on any atom is 0.233 e. The molecule has 0 atom stereocenters. The Kier molecular flexibility index (Phi) is 7.13. The van der Waals surface area contributed by atoms with Crippen molar-refractivity contribution in [3.05, 3.63) is 78.6 Å². The molecular weight excluding hydrogens is 458 g/mol. The van der Waals surface area contributed by atoms with Gasteiger partial charge in [0.15, 0.2) is 5.16 Å². The van der Waals surface area contributed by atoms with Gasteiger partial charge >= 0.3 is 0 Å². The number of aromatic nitrogens is 5. The normalized spacial score (nSPS) is 13.7.